The van der Waals surface area contributed by atoms with Gasteiger partial charge >= 0.3 is 0 Å². The summed E-state index contributed by atoms with van der Waals surface area (Å²) in [6.45, 7) is 4.82. The van der Waals surface area contributed by atoms with Gasteiger partial charge in [0.25, 0.3) is 0 Å². The van der Waals surface area contributed by atoms with E-state index in [1.807, 2.05) is 24.3 Å². The Morgan fingerprint density at radius 2 is 1.67 bits per heavy atom. The summed E-state index contributed by atoms with van der Waals surface area (Å²) in [4.78, 5) is 29.4. The van der Waals surface area contributed by atoms with E-state index in [0.717, 1.165) is 30.9 Å². The van der Waals surface area contributed by atoms with Crippen LogP contribution in [0.25, 0.3) is 0 Å². The molecule has 158 valence electrons. The maximum Gasteiger partial charge on any atom is 0.229 e. The molecule has 5 heteroatoms. The molecule has 0 aromatic heterocycles. The predicted molar refractivity (Wildman–Crippen MR) is 122 cm³/mol. The molecule has 5 nitrogen and oxygen atoms in total. The molecule has 0 aliphatic carbocycles. The largest absolute Gasteiger partial charge is 0.372 e. The standard InChI is InChI=1S/C25H31N3O2/c1-2-3-6-19-7-9-21(10-8-19)26-25(30)20-17-24(29)28(18-20)23-13-11-22(12-14-23)27-15-4-5-16-27/h7-14,20H,2-6,15-18H2,1H3,(H,26,30). The van der Waals surface area contributed by atoms with Crippen molar-refractivity contribution in [1.29, 1.82) is 0 Å². The van der Waals surface area contributed by atoms with Crippen LogP contribution in [0, 0.1) is 5.92 Å². The number of hydrogen-bond acceptors (Lipinski definition) is 3. The molecular weight excluding hydrogens is 374 g/mol. The number of nitrogens with one attached hydrogen (secondary N) is 1. The van der Waals surface area contributed by atoms with Crippen molar-refractivity contribution >= 4 is 28.9 Å². The van der Waals surface area contributed by atoms with Crippen LogP contribution in [0.15, 0.2) is 48.5 Å². The lowest BCUT2D eigenvalue weighted by Gasteiger charge is -2.20. The summed E-state index contributed by atoms with van der Waals surface area (Å²) in [6.07, 6.45) is 6.15. The van der Waals surface area contributed by atoms with Crippen LogP contribution in [0.5, 0.6) is 0 Å². The van der Waals surface area contributed by atoms with Crippen LogP contribution in [0.2, 0.25) is 0 Å². The van der Waals surface area contributed by atoms with Crippen molar-refractivity contribution in [2.75, 3.05) is 34.8 Å². The fraction of sp³-hybridized carbons (Fsp3) is 0.440. The molecule has 1 N–H and O–H groups in total. The summed E-state index contributed by atoms with van der Waals surface area (Å²) in [6, 6.07) is 16.2. The Labute approximate surface area is 179 Å². The van der Waals surface area contributed by atoms with E-state index >= 15 is 0 Å². The Bertz CT molecular complexity index is 870. The van der Waals surface area contributed by atoms with Crippen LogP contribution in [0.1, 0.15) is 44.6 Å². The normalized spacial score (nSPS) is 18.8. The van der Waals surface area contributed by atoms with Crippen molar-refractivity contribution < 1.29 is 9.59 Å². The van der Waals surface area contributed by atoms with E-state index in [2.05, 4.69) is 41.4 Å². The second-order valence-electron chi connectivity index (χ2n) is 8.41. The smallest absolute Gasteiger partial charge is 0.229 e. The van der Waals surface area contributed by atoms with Gasteiger partial charge in [0.05, 0.1) is 5.92 Å². The van der Waals surface area contributed by atoms with Crippen molar-refractivity contribution in [2.24, 2.45) is 5.92 Å². The number of amides is 2. The van der Waals surface area contributed by atoms with Gasteiger partial charge in [-0.25, -0.2) is 0 Å². The van der Waals surface area contributed by atoms with Gasteiger partial charge < -0.3 is 15.1 Å². The lowest BCUT2D eigenvalue weighted by Crippen LogP contribution is -2.28. The number of aryl methyl sites for hydroxylation is 1. The van der Waals surface area contributed by atoms with Crippen LogP contribution in [-0.2, 0) is 16.0 Å². The fourth-order valence-corrected chi connectivity index (χ4v) is 4.33. The zero-order valence-corrected chi connectivity index (χ0v) is 17.8. The van der Waals surface area contributed by atoms with Crippen LogP contribution >= 0.6 is 0 Å². The zero-order chi connectivity index (χ0) is 20.9. The van der Waals surface area contributed by atoms with Gasteiger partial charge in [0.2, 0.25) is 11.8 Å². The maximum atomic E-state index is 12.7. The zero-order valence-electron chi connectivity index (χ0n) is 17.8. The van der Waals surface area contributed by atoms with Crippen LogP contribution in [-0.4, -0.2) is 31.4 Å². The molecule has 2 saturated heterocycles. The topological polar surface area (TPSA) is 52.7 Å². The molecule has 1 atom stereocenters. The highest BCUT2D eigenvalue weighted by atomic mass is 16.2. The first-order chi connectivity index (χ1) is 14.6. The van der Waals surface area contributed by atoms with Crippen molar-refractivity contribution in [3.05, 3.63) is 54.1 Å². The molecule has 30 heavy (non-hydrogen) atoms. The van der Waals surface area contributed by atoms with Crippen molar-refractivity contribution in [2.45, 2.75) is 45.4 Å². The molecule has 2 aliphatic rings. The number of carbonyl (C=O) groups excluding carboxylic acids is 2. The quantitative estimate of drug-likeness (QED) is 0.731. The Morgan fingerprint density at radius 1 is 1.00 bits per heavy atom. The van der Waals surface area contributed by atoms with Crippen molar-refractivity contribution in [1.82, 2.24) is 0 Å². The van der Waals surface area contributed by atoms with Gasteiger partial charge in [0.1, 0.15) is 0 Å². The highest BCUT2D eigenvalue weighted by Gasteiger charge is 2.35. The summed E-state index contributed by atoms with van der Waals surface area (Å²) in [7, 11) is 0. The summed E-state index contributed by atoms with van der Waals surface area (Å²) < 4.78 is 0. The monoisotopic (exact) mass is 405 g/mol. The van der Waals surface area contributed by atoms with E-state index in [1.54, 1.807) is 4.90 Å². The molecule has 2 aromatic rings. The average Bonchev–Trinajstić information content (AvgIpc) is 3.43. The minimum Gasteiger partial charge on any atom is -0.372 e. The fourth-order valence-electron chi connectivity index (χ4n) is 4.33. The summed E-state index contributed by atoms with van der Waals surface area (Å²) in [5.41, 5.74) is 4.16. The minimum absolute atomic E-state index is 0.0130. The third-order valence-electron chi connectivity index (χ3n) is 6.17. The maximum absolute atomic E-state index is 12.7. The molecule has 2 fully saturated rings. The summed E-state index contributed by atoms with van der Waals surface area (Å²) >= 11 is 0. The SMILES string of the molecule is CCCCc1ccc(NC(=O)C2CC(=O)N(c3ccc(N4CCCC4)cc3)C2)cc1. The number of unbranched alkanes of at least 4 members (excludes halogenated alkanes) is 1. The molecule has 2 heterocycles. The molecule has 0 radical (unpaired) electrons. The lowest BCUT2D eigenvalue weighted by atomic mass is 10.1. The van der Waals surface area contributed by atoms with Crippen LogP contribution in [0.4, 0.5) is 17.1 Å². The molecule has 0 saturated carbocycles. The van der Waals surface area contributed by atoms with E-state index in [0.29, 0.717) is 6.54 Å². The minimum atomic E-state index is -0.324. The van der Waals surface area contributed by atoms with Gasteiger partial charge in [-0.1, -0.05) is 25.5 Å². The summed E-state index contributed by atoms with van der Waals surface area (Å²) in [5, 5.41) is 2.98. The Balaban J connectivity index is 1.35. The van der Waals surface area contributed by atoms with E-state index < -0.39 is 0 Å². The molecule has 2 aromatic carbocycles. The molecular formula is C25H31N3O2. The second kappa shape index (κ2) is 9.33. The number of nitrogens with zero attached hydrogens (tertiary/aromatic N) is 2. The average molecular weight is 406 g/mol. The second-order valence-corrected chi connectivity index (χ2v) is 8.41. The Kier molecular flexibility index (Phi) is 6.36. The van der Waals surface area contributed by atoms with Crippen molar-refractivity contribution in [3.8, 4) is 0 Å². The van der Waals surface area contributed by atoms with Gasteiger partial charge in [0.15, 0.2) is 0 Å². The predicted octanol–water partition coefficient (Wildman–Crippen LogP) is 4.62. The molecule has 1 unspecified atom stereocenters. The highest BCUT2D eigenvalue weighted by Crippen LogP contribution is 2.29. The number of carbonyl (C=O) groups is 2. The van der Waals surface area contributed by atoms with Gasteiger partial charge in [-0.05, 0) is 67.6 Å². The van der Waals surface area contributed by atoms with Crippen LogP contribution < -0.4 is 15.1 Å². The van der Waals surface area contributed by atoms with E-state index in [1.165, 1.54) is 36.9 Å². The number of rotatable bonds is 7. The molecule has 0 spiro atoms. The van der Waals surface area contributed by atoms with Gasteiger partial charge in [-0.15, -0.1) is 0 Å². The molecule has 0 bridgehead atoms. The van der Waals surface area contributed by atoms with Crippen LogP contribution in [0.3, 0.4) is 0 Å². The Hall–Kier alpha value is -2.82. The van der Waals surface area contributed by atoms with E-state index in [4.69, 9.17) is 0 Å². The summed E-state index contributed by atoms with van der Waals surface area (Å²) in [5.74, 6) is -0.393. The van der Waals surface area contributed by atoms with E-state index in [-0.39, 0.29) is 24.2 Å². The number of hydrogen-bond donors (Lipinski definition) is 1. The lowest BCUT2D eigenvalue weighted by molar-refractivity contribution is -0.122. The third-order valence-corrected chi connectivity index (χ3v) is 6.17. The van der Waals surface area contributed by atoms with Crippen molar-refractivity contribution in [3.63, 3.8) is 0 Å². The molecule has 2 amide bonds. The first-order valence-electron chi connectivity index (χ1n) is 11.2. The van der Waals surface area contributed by atoms with Gasteiger partial charge in [-0.2, -0.15) is 0 Å². The molecule has 4 rings (SSSR count). The third kappa shape index (κ3) is 4.66. The number of benzene rings is 2. The first kappa shape index (κ1) is 20.5. The Morgan fingerprint density at radius 3 is 2.33 bits per heavy atom. The van der Waals surface area contributed by atoms with E-state index in [9.17, 15) is 9.59 Å². The highest BCUT2D eigenvalue weighted by molar-refractivity contribution is 6.03. The first-order valence-corrected chi connectivity index (χ1v) is 11.2. The van der Waals surface area contributed by atoms with Gasteiger partial charge in [-0.3, -0.25) is 9.59 Å². The number of anilines is 3. The van der Waals surface area contributed by atoms with Gasteiger partial charge in [0, 0.05) is 43.1 Å². The molecule has 2 aliphatic heterocycles.